The molecule has 0 saturated carbocycles. The number of sulfone groups is 1. The minimum absolute atomic E-state index is 0.0397. The van der Waals surface area contributed by atoms with E-state index in [1.165, 1.54) is 6.20 Å². The van der Waals surface area contributed by atoms with Crippen LogP contribution < -0.4 is 5.32 Å². The first kappa shape index (κ1) is 12.1. The molecule has 17 heavy (non-hydrogen) atoms. The molecule has 1 amide bonds. The molecule has 1 fully saturated rings. The van der Waals surface area contributed by atoms with E-state index in [1.807, 2.05) is 0 Å². The zero-order valence-corrected chi connectivity index (χ0v) is 10.6. The maximum absolute atomic E-state index is 11.9. The molecule has 0 bridgehead atoms. The number of carbonyl (C=O) groups excluding carboxylic acids is 1. The van der Waals surface area contributed by atoms with E-state index in [9.17, 15) is 13.2 Å². The van der Waals surface area contributed by atoms with Gasteiger partial charge in [-0.05, 0) is 13.3 Å². The summed E-state index contributed by atoms with van der Waals surface area (Å²) in [5.74, 6) is -0.0557. The molecule has 1 aliphatic rings. The van der Waals surface area contributed by atoms with Crippen molar-refractivity contribution < 1.29 is 13.2 Å². The van der Waals surface area contributed by atoms with Crippen LogP contribution in [0.5, 0.6) is 0 Å². The summed E-state index contributed by atoms with van der Waals surface area (Å²) >= 11 is 0. The summed E-state index contributed by atoms with van der Waals surface area (Å²) in [6, 6.07) is -0.271. The lowest BCUT2D eigenvalue weighted by atomic mass is 10.2. The number of nitrogens with zero attached hydrogens (tertiary/aromatic N) is 2. The zero-order chi connectivity index (χ0) is 12.6. The first-order valence-corrected chi connectivity index (χ1v) is 7.21. The van der Waals surface area contributed by atoms with Crippen LogP contribution in [0.2, 0.25) is 0 Å². The van der Waals surface area contributed by atoms with Crippen LogP contribution in [0, 0.1) is 6.92 Å². The topological polar surface area (TPSA) is 81.1 Å². The number of hydrogen-bond acceptors (Lipinski definition) is 4. The first-order valence-electron chi connectivity index (χ1n) is 5.39. The summed E-state index contributed by atoms with van der Waals surface area (Å²) in [6.45, 7) is 1.80. The smallest absolute Gasteiger partial charge is 0.254 e. The highest BCUT2D eigenvalue weighted by molar-refractivity contribution is 7.91. The van der Waals surface area contributed by atoms with Crippen LogP contribution in [0.15, 0.2) is 6.20 Å². The molecule has 1 N–H and O–H groups in total. The van der Waals surface area contributed by atoms with Gasteiger partial charge in [-0.15, -0.1) is 0 Å². The van der Waals surface area contributed by atoms with Gasteiger partial charge in [0.1, 0.15) is 0 Å². The van der Waals surface area contributed by atoms with Gasteiger partial charge in [0.2, 0.25) is 0 Å². The molecule has 0 aromatic carbocycles. The molecule has 94 valence electrons. The fourth-order valence-corrected chi connectivity index (χ4v) is 3.57. The van der Waals surface area contributed by atoms with Crippen LogP contribution in [0.4, 0.5) is 0 Å². The van der Waals surface area contributed by atoms with Crippen molar-refractivity contribution in [2.75, 3.05) is 11.5 Å². The molecule has 0 radical (unpaired) electrons. The zero-order valence-electron chi connectivity index (χ0n) is 9.80. The largest absolute Gasteiger partial charge is 0.348 e. The standard InChI is InChI=1S/C10H15N3O3S/c1-7-9(5-11-13(7)2)10(14)12-8-3-4-17(15,16)6-8/h5,8H,3-4,6H2,1-2H3,(H,12,14). The molecule has 1 aliphatic heterocycles. The Hall–Kier alpha value is -1.37. The van der Waals surface area contributed by atoms with Crippen molar-refractivity contribution >= 4 is 15.7 Å². The SMILES string of the molecule is Cc1c(C(=O)NC2CCS(=O)(=O)C2)cnn1C. The van der Waals surface area contributed by atoms with Crippen LogP contribution in [0.1, 0.15) is 22.5 Å². The van der Waals surface area contributed by atoms with E-state index in [2.05, 4.69) is 10.4 Å². The number of amides is 1. The molecule has 1 atom stereocenters. The van der Waals surface area contributed by atoms with Gasteiger partial charge in [0, 0.05) is 18.8 Å². The van der Waals surface area contributed by atoms with Gasteiger partial charge in [0.25, 0.3) is 5.91 Å². The third kappa shape index (κ3) is 2.49. The summed E-state index contributed by atoms with van der Waals surface area (Å²) in [4.78, 5) is 11.9. The lowest BCUT2D eigenvalue weighted by Gasteiger charge is -2.10. The number of carbonyl (C=O) groups is 1. The Morgan fingerprint density at radius 1 is 1.59 bits per heavy atom. The van der Waals surface area contributed by atoms with Crippen molar-refractivity contribution in [3.8, 4) is 0 Å². The molecular formula is C10H15N3O3S. The van der Waals surface area contributed by atoms with Crippen molar-refractivity contribution in [2.24, 2.45) is 7.05 Å². The highest BCUT2D eigenvalue weighted by Crippen LogP contribution is 2.13. The van der Waals surface area contributed by atoms with Crippen LogP contribution in [0.25, 0.3) is 0 Å². The summed E-state index contributed by atoms with van der Waals surface area (Å²) in [5.41, 5.74) is 1.26. The van der Waals surface area contributed by atoms with Crippen molar-refractivity contribution in [1.29, 1.82) is 0 Å². The number of aryl methyl sites for hydroxylation is 1. The Morgan fingerprint density at radius 3 is 2.76 bits per heavy atom. The van der Waals surface area contributed by atoms with Gasteiger partial charge in [0.05, 0.1) is 23.3 Å². The molecule has 2 rings (SSSR count). The van der Waals surface area contributed by atoms with Crippen molar-refractivity contribution in [3.05, 3.63) is 17.5 Å². The highest BCUT2D eigenvalue weighted by atomic mass is 32.2. The van der Waals surface area contributed by atoms with Gasteiger partial charge in [-0.2, -0.15) is 5.10 Å². The monoisotopic (exact) mass is 257 g/mol. The quantitative estimate of drug-likeness (QED) is 0.785. The molecule has 1 unspecified atom stereocenters. The summed E-state index contributed by atoms with van der Waals surface area (Å²) in [6.07, 6.45) is 1.99. The minimum atomic E-state index is -2.96. The number of aromatic nitrogens is 2. The second-order valence-electron chi connectivity index (χ2n) is 4.34. The number of nitrogens with one attached hydrogen (secondary N) is 1. The highest BCUT2D eigenvalue weighted by Gasteiger charge is 2.29. The van der Waals surface area contributed by atoms with Crippen LogP contribution in [0.3, 0.4) is 0 Å². The summed E-state index contributed by atoms with van der Waals surface area (Å²) < 4.78 is 24.1. The molecule has 6 nitrogen and oxygen atoms in total. The summed E-state index contributed by atoms with van der Waals surface area (Å²) in [5, 5.41) is 6.71. The second-order valence-corrected chi connectivity index (χ2v) is 6.57. The first-order chi connectivity index (χ1) is 7.89. The van der Waals surface area contributed by atoms with Gasteiger partial charge >= 0.3 is 0 Å². The second kappa shape index (κ2) is 4.14. The van der Waals surface area contributed by atoms with Crippen molar-refractivity contribution in [3.63, 3.8) is 0 Å². The maximum Gasteiger partial charge on any atom is 0.254 e. The van der Waals surface area contributed by atoms with Crippen LogP contribution >= 0.6 is 0 Å². The number of hydrogen-bond donors (Lipinski definition) is 1. The van der Waals surface area contributed by atoms with Crippen molar-refractivity contribution in [1.82, 2.24) is 15.1 Å². The van der Waals surface area contributed by atoms with E-state index in [0.29, 0.717) is 12.0 Å². The van der Waals surface area contributed by atoms with Gasteiger partial charge < -0.3 is 5.32 Å². The Labute approximate surface area is 99.9 Å². The van der Waals surface area contributed by atoms with E-state index in [1.54, 1.807) is 18.7 Å². The Kier molecular flexibility index (Phi) is 2.94. The minimum Gasteiger partial charge on any atom is -0.348 e. The Morgan fingerprint density at radius 2 is 2.29 bits per heavy atom. The van der Waals surface area contributed by atoms with E-state index in [0.717, 1.165) is 5.69 Å². The predicted octanol–water partition coefficient (Wildman–Crippen LogP) is -0.355. The average molecular weight is 257 g/mol. The predicted molar refractivity (Wildman–Crippen MR) is 62.5 cm³/mol. The van der Waals surface area contributed by atoms with E-state index < -0.39 is 9.84 Å². The molecule has 1 aromatic heterocycles. The third-order valence-electron chi connectivity index (χ3n) is 3.05. The summed E-state index contributed by atoms with van der Waals surface area (Å²) in [7, 11) is -1.21. The van der Waals surface area contributed by atoms with Gasteiger partial charge in [-0.1, -0.05) is 0 Å². The Balaban J connectivity index is 2.06. The van der Waals surface area contributed by atoms with Gasteiger partial charge in [0.15, 0.2) is 9.84 Å². The fourth-order valence-electron chi connectivity index (χ4n) is 1.89. The fraction of sp³-hybridized carbons (Fsp3) is 0.600. The van der Waals surface area contributed by atoms with Gasteiger partial charge in [-0.3, -0.25) is 9.48 Å². The average Bonchev–Trinajstić information content (AvgIpc) is 2.72. The molecule has 0 spiro atoms. The normalized spacial score (nSPS) is 22.6. The molecular weight excluding hydrogens is 242 g/mol. The molecule has 7 heteroatoms. The third-order valence-corrected chi connectivity index (χ3v) is 4.82. The lowest BCUT2D eigenvalue weighted by Crippen LogP contribution is -2.35. The van der Waals surface area contributed by atoms with Crippen molar-refractivity contribution in [2.45, 2.75) is 19.4 Å². The maximum atomic E-state index is 11.9. The van der Waals surface area contributed by atoms with Gasteiger partial charge in [-0.25, -0.2) is 8.42 Å². The number of rotatable bonds is 2. The van der Waals surface area contributed by atoms with E-state index in [-0.39, 0.29) is 23.5 Å². The molecule has 0 aliphatic carbocycles. The van der Waals surface area contributed by atoms with E-state index in [4.69, 9.17) is 0 Å². The molecule has 2 heterocycles. The lowest BCUT2D eigenvalue weighted by molar-refractivity contribution is 0.0940. The van der Waals surface area contributed by atoms with Crippen LogP contribution in [-0.4, -0.2) is 41.7 Å². The Bertz CT molecular complexity index is 547. The molecule has 1 saturated heterocycles. The van der Waals surface area contributed by atoms with Crippen LogP contribution in [-0.2, 0) is 16.9 Å². The van der Waals surface area contributed by atoms with E-state index >= 15 is 0 Å². The molecule has 1 aromatic rings.